The molecule has 0 bridgehead atoms. The molecule has 5 nitrogen and oxygen atoms in total. The van der Waals surface area contributed by atoms with Gasteiger partial charge in [0, 0.05) is 18.0 Å². The Balaban J connectivity index is 1.78. The molecule has 0 N–H and O–H groups in total. The zero-order valence-electron chi connectivity index (χ0n) is 13.0. The van der Waals surface area contributed by atoms with Gasteiger partial charge in [-0.25, -0.2) is 0 Å². The molecule has 0 saturated carbocycles. The van der Waals surface area contributed by atoms with Crippen LogP contribution in [0.25, 0.3) is 22.4 Å². The van der Waals surface area contributed by atoms with E-state index in [1.807, 2.05) is 30.3 Å². The highest BCUT2D eigenvalue weighted by atomic mass is 32.1. The molecule has 0 aliphatic carbocycles. The average Bonchev–Trinajstić information content (AvgIpc) is 3.17. The lowest BCUT2D eigenvalue weighted by Gasteiger charge is -1.96. The van der Waals surface area contributed by atoms with E-state index in [0.717, 1.165) is 17.5 Å². The molecule has 0 unspecified atom stereocenters. The lowest BCUT2D eigenvalue weighted by molar-refractivity contribution is 0.936. The van der Waals surface area contributed by atoms with Crippen molar-refractivity contribution < 1.29 is 0 Å². The second-order valence-electron chi connectivity index (χ2n) is 5.38. The molecule has 24 heavy (non-hydrogen) atoms. The second-order valence-corrected chi connectivity index (χ2v) is 6.39. The van der Waals surface area contributed by atoms with Gasteiger partial charge < -0.3 is 0 Å². The van der Waals surface area contributed by atoms with E-state index in [0.29, 0.717) is 15.3 Å². The van der Waals surface area contributed by atoms with Crippen LogP contribution in [0.2, 0.25) is 0 Å². The highest BCUT2D eigenvalue weighted by Gasteiger charge is 2.11. The smallest absolute Gasteiger partial charge is 0.266 e. The first kappa shape index (κ1) is 14.7. The van der Waals surface area contributed by atoms with Crippen molar-refractivity contribution in [1.82, 2.24) is 19.6 Å². The van der Waals surface area contributed by atoms with Crippen molar-refractivity contribution in [3.05, 3.63) is 74.8 Å². The van der Waals surface area contributed by atoms with Crippen LogP contribution in [-0.2, 0) is 6.42 Å². The van der Waals surface area contributed by atoms with Gasteiger partial charge in [-0.05, 0) is 35.8 Å². The summed E-state index contributed by atoms with van der Waals surface area (Å²) in [5.74, 6) is 0.519. The average molecular weight is 334 g/mol. The Labute approximate surface area is 141 Å². The van der Waals surface area contributed by atoms with Gasteiger partial charge in [0.15, 0.2) is 5.82 Å². The number of hydrogen-bond acceptors (Lipinski definition) is 5. The molecule has 0 amide bonds. The number of pyridine rings is 1. The highest BCUT2D eigenvalue weighted by molar-refractivity contribution is 7.15. The fourth-order valence-electron chi connectivity index (χ4n) is 2.45. The molecule has 3 heterocycles. The van der Waals surface area contributed by atoms with Gasteiger partial charge in [-0.15, -0.1) is 5.10 Å². The number of hydrogen-bond donors (Lipinski definition) is 0. The van der Waals surface area contributed by atoms with Gasteiger partial charge in [-0.2, -0.15) is 9.50 Å². The number of rotatable bonds is 3. The zero-order valence-corrected chi connectivity index (χ0v) is 13.8. The predicted octanol–water partition coefficient (Wildman–Crippen LogP) is 2.32. The summed E-state index contributed by atoms with van der Waals surface area (Å²) in [4.78, 5) is 21.6. The molecule has 0 aliphatic rings. The number of thiazole rings is 1. The third-order valence-corrected chi connectivity index (χ3v) is 4.75. The van der Waals surface area contributed by atoms with Crippen LogP contribution >= 0.6 is 11.3 Å². The van der Waals surface area contributed by atoms with Crippen molar-refractivity contribution in [2.45, 2.75) is 13.3 Å². The molecular formula is C18H14N4OS. The Kier molecular flexibility index (Phi) is 3.66. The van der Waals surface area contributed by atoms with Crippen molar-refractivity contribution in [3.8, 4) is 11.4 Å². The SMILES string of the molecule is CCc1ccc(/C=c2\sc3nc(-c4cccnc4)nn3c2=O)cc1. The van der Waals surface area contributed by atoms with Gasteiger partial charge in [0.1, 0.15) is 0 Å². The molecule has 4 rings (SSSR count). The molecule has 0 atom stereocenters. The Morgan fingerprint density at radius 1 is 1.21 bits per heavy atom. The normalized spacial score (nSPS) is 12.1. The number of aryl methyl sites for hydroxylation is 1. The summed E-state index contributed by atoms with van der Waals surface area (Å²) in [6, 6.07) is 11.9. The van der Waals surface area contributed by atoms with E-state index in [2.05, 4.69) is 34.1 Å². The first-order valence-electron chi connectivity index (χ1n) is 7.65. The van der Waals surface area contributed by atoms with Gasteiger partial charge in [0.2, 0.25) is 4.96 Å². The van der Waals surface area contributed by atoms with Crippen LogP contribution in [0.3, 0.4) is 0 Å². The molecule has 0 fully saturated rings. The predicted molar refractivity (Wildman–Crippen MR) is 95.0 cm³/mol. The molecule has 0 saturated heterocycles. The maximum Gasteiger partial charge on any atom is 0.291 e. The molecule has 1 aromatic carbocycles. The summed E-state index contributed by atoms with van der Waals surface area (Å²) >= 11 is 1.35. The van der Waals surface area contributed by atoms with Crippen molar-refractivity contribution in [3.63, 3.8) is 0 Å². The van der Waals surface area contributed by atoms with Gasteiger partial charge in [0.25, 0.3) is 5.56 Å². The molecule has 3 aromatic heterocycles. The number of nitrogens with zero attached hydrogens (tertiary/aromatic N) is 4. The number of aromatic nitrogens is 4. The minimum Gasteiger partial charge on any atom is -0.266 e. The van der Waals surface area contributed by atoms with E-state index in [1.54, 1.807) is 12.4 Å². The van der Waals surface area contributed by atoms with Crippen LogP contribution in [0.1, 0.15) is 18.1 Å². The van der Waals surface area contributed by atoms with Crippen LogP contribution in [0, 0.1) is 0 Å². The van der Waals surface area contributed by atoms with Crippen molar-refractivity contribution >= 4 is 22.4 Å². The summed E-state index contributed by atoms with van der Waals surface area (Å²) in [6.07, 6.45) is 6.26. The standard InChI is InChI=1S/C18H14N4OS/c1-2-12-5-7-13(8-6-12)10-15-17(23)22-18(24-15)20-16(21-22)14-4-3-9-19-11-14/h3-11H,2H2,1H3/b15-10-. The van der Waals surface area contributed by atoms with Gasteiger partial charge >= 0.3 is 0 Å². The van der Waals surface area contributed by atoms with Crippen LogP contribution in [0.15, 0.2) is 53.6 Å². The van der Waals surface area contributed by atoms with Crippen LogP contribution in [-0.4, -0.2) is 19.6 Å². The van der Waals surface area contributed by atoms with E-state index in [1.165, 1.54) is 21.4 Å². The Bertz CT molecular complexity index is 1100. The summed E-state index contributed by atoms with van der Waals surface area (Å²) < 4.78 is 1.99. The summed E-state index contributed by atoms with van der Waals surface area (Å²) in [7, 11) is 0. The topological polar surface area (TPSA) is 60.1 Å². The van der Waals surface area contributed by atoms with Crippen LogP contribution in [0.4, 0.5) is 0 Å². The van der Waals surface area contributed by atoms with Crippen LogP contribution < -0.4 is 10.1 Å². The number of benzene rings is 1. The van der Waals surface area contributed by atoms with Crippen LogP contribution in [0.5, 0.6) is 0 Å². The van der Waals surface area contributed by atoms with E-state index in [9.17, 15) is 4.79 Å². The minimum atomic E-state index is -0.141. The van der Waals surface area contributed by atoms with E-state index < -0.39 is 0 Å². The second kappa shape index (κ2) is 5.98. The van der Waals surface area contributed by atoms with E-state index in [4.69, 9.17) is 0 Å². The fraction of sp³-hybridized carbons (Fsp3) is 0.111. The van der Waals surface area contributed by atoms with E-state index in [-0.39, 0.29) is 5.56 Å². The minimum absolute atomic E-state index is 0.141. The Morgan fingerprint density at radius 2 is 2.04 bits per heavy atom. The fourth-order valence-corrected chi connectivity index (χ4v) is 3.36. The molecule has 118 valence electrons. The lowest BCUT2D eigenvalue weighted by Crippen LogP contribution is -2.23. The summed E-state index contributed by atoms with van der Waals surface area (Å²) in [5, 5.41) is 4.32. The molecule has 4 aromatic rings. The largest absolute Gasteiger partial charge is 0.291 e. The molecule has 6 heteroatoms. The quantitative estimate of drug-likeness (QED) is 0.577. The molecule has 0 aliphatic heterocycles. The zero-order chi connectivity index (χ0) is 16.5. The lowest BCUT2D eigenvalue weighted by atomic mass is 10.1. The Hall–Kier alpha value is -2.86. The van der Waals surface area contributed by atoms with Crippen molar-refractivity contribution in [1.29, 1.82) is 0 Å². The Morgan fingerprint density at radius 3 is 2.71 bits per heavy atom. The molecular weight excluding hydrogens is 320 g/mol. The van der Waals surface area contributed by atoms with Gasteiger partial charge in [0.05, 0.1) is 4.53 Å². The first-order valence-corrected chi connectivity index (χ1v) is 8.47. The van der Waals surface area contributed by atoms with Crippen molar-refractivity contribution in [2.75, 3.05) is 0 Å². The third-order valence-electron chi connectivity index (χ3n) is 3.79. The maximum atomic E-state index is 12.5. The molecule has 0 radical (unpaired) electrons. The summed E-state index contributed by atoms with van der Waals surface area (Å²) in [5.41, 5.74) is 2.94. The van der Waals surface area contributed by atoms with Crippen molar-refractivity contribution in [2.24, 2.45) is 0 Å². The monoisotopic (exact) mass is 334 g/mol. The summed E-state index contributed by atoms with van der Waals surface area (Å²) in [6.45, 7) is 2.12. The molecule has 0 spiro atoms. The van der Waals surface area contributed by atoms with Gasteiger partial charge in [-0.1, -0.05) is 42.5 Å². The maximum absolute atomic E-state index is 12.5. The van der Waals surface area contributed by atoms with E-state index >= 15 is 0 Å². The van der Waals surface area contributed by atoms with Gasteiger partial charge in [-0.3, -0.25) is 9.78 Å². The number of fused-ring (bicyclic) bond motifs is 1. The third kappa shape index (κ3) is 2.61. The highest BCUT2D eigenvalue weighted by Crippen LogP contribution is 2.14. The first-order chi connectivity index (χ1) is 11.7.